The highest BCUT2D eigenvalue weighted by Gasteiger charge is 2.19. The Balaban J connectivity index is 2.18. The summed E-state index contributed by atoms with van der Waals surface area (Å²) in [5, 5.41) is 12.4. The summed E-state index contributed by atoms with van der Waals surface area (Å²) in [6.45, 7) is 3.94. The number of benzene rings is 1. The summed E-state index contributed by atoms with van der Waals surface area (Å²) in [6, 6.07) is 5.50. The van der Waals surface area contributed by atoms with Crippen LogP contribution in [0.2, 0.25) is 0 Å². The Hall–Kier alpha value is -1.88. The van der Waals surface area contributed by atoms with E-state index in [9.17, 15) is 9.18 Å². The Kier molecular flexibility index (Phi) is 4.39. The molecule has 2 N–H and O–H groups in total. The molecule has 0 aliphatic rings. The maximum Gasteiger partial charge on any atom is 0.287 e. The zero-order valence-electron chi connectivity index (χ0n) is 11.5. The molecular formula is C15H18FNO3. The van der Waals surface area contributed by atoms with Crippen LogP contribution in [0.1, 0.15) is 30.8 Å². The van der Waals surface area contributed by atoms with Gasteiger partial charge >= 0.3 is 0 Å². The van der Waals surface area contributed by atoms with E-state index in [1.165, 1.54) is 24.3 Å². The number of rotatable bonds is 5. The van der Waals surface area contributed by atoms with Crippen LogP contribution >= 0.6 is 0 Å². The topological polar surface area (TPSA) is 62.5 Å². The van der Waals surface area contributed by atoms with Gasteiger partial charge in [-0.05, 0) is 36.6 Å². The standard InChI is InChI=1S/C15H18FNO3/c1-9(2)12(5-6-18)17-15(19)14-8-10-7-11(16)3-4-13(10)20-14/h3-4,7-9,12,18H,5-6H2,1-2H3,(H,17,19). The molecule has 1 heterocycles. The van der Waals surface area contributed by atoms with E-state index in [-0.39, 0.29) is 36.1 Å². The fourth-order valence-corrected chi connectivity index (χ4v) is 2.08. The number of amides is 1. The van der Waals surface area contributed by atoms with E-state index in [1.54, 1.807) is 0 Å². The van der Waals surface area contributed by atoms with Crippen LogP contribution < -0.4 is 5.32 Å². The van der Waals surface area contributed by atoms with Crippen LogP contribution in [-0.4, -0.2) is 23.7 Å². The highest BCUT2D eigenvalue weighted by molar-refractivity contribution is 5.96. The normalized spacial score (nSPS) is 12.8. The first-order valence-corrected chi connectivity index (χ1v) is 6.62. The smallest absolute Gasteiger partial charge is 0.287 e. The van der Waals surface area contributed by atoms with Crippen molar-refractivity contribution in [3.63, 3.8) is 0 Å². The largest absolute Gasteiger partial charge is 0.451 e. The van der Waals surface area contributed by atoms with E-state index < -0.39 is 0 Å². The number of furan rings is 1. The van der Waals surface area contributed by atoms with Crippen molar-refractivity contribution in [2.75, 3.05) is 6.61 Å². The fraction of sp³-hybridized carbons (Fsp3) is 0.400. The van der Waals surface area contributed by atoms with Crippen molar-refractivity contribution >= 4 is 16.9 Å². The van der Waals surface area contributed by atoms with Crippen molar-refractivity contribution in [1.29, 1.82) is 0 Å². The number of nitrogens with one attached hydrogen (secondary N) is 1. The maximum absolute atomic E-state index is 13.1. The first-order chi connectivity index (χ1) is 9.51. The molecule has 1 amide bonds. The van der Waals surface area contributed by atoms with Gasteiger partial charge in [-0.1, -0.05) is 13.8 Å². The molecule has 0 bridgehead atoms. The molecule has 2 aromatic rings. The Bertz CT molecular complexity index is 606. The highest BCUT2D eigenvalue weighted by Crippen LogP contribution is 2.20. The number of halogens is 1. The molecule has 1 aromatic carbocycles. The molecule has 1 aromatic heterocycles. The van der Waals surface area contributed by atoms with Gasteiger partial charge in [-0.25, -0.2) is 4.39 Å². The quantitative estimate of drug-likeness (QED) is 0.884. The van der Waals surface area contributed by atoms with Gasteiger partial charge in [-0.2, -0.15) is 0 Å². The number of aliphatic hydroxyl groups excluding tert-OH is 1. The van der Waals surface area contributed by atoms with Gasteiger partial charge in [0.2, 0.25) is 0 Å². The monoisotopic (exact) mass is 279 g/mol. The second kappa shape index (κ2) is 6.05. The van der Waals surface area contributed by atoms with Gasteiger partial charge in [0.25, 0.3) is 5.91 Å². The minimum Gasteiger partial charge on any atom is -0.451 e. The summed E-state index contributed by atoms with van der Waals surface area (Å²) in [6.07, 6.45) is 0.484. The van der Waals surface area contributed by atoms with E-state index in [1.807, 2.05) is 13.8 Å². The first kappa shape index (κ1) is 14.5. The first-order valence-electron chi connectivity index (χ1n) is 6.62. The Labute approximate surface area is 116 Å². The Morgan fingerprint density at radius 2 is 2.15 bits per heavy atom. The summed E-state index contributed by atoms with van der Waals surface area (Å²) < 4.78 is 18.5. The molecule has 0 aliphatic heterocycles. The van der Waals surface area contributed by atoms with E-state index >= 15 is 0 Å². The summed E-state index contributed by atoms with van der Waals surface area (Å²) in [4.78, 5) is 12.1. The van der Waals surface area contributed by atoms with Crippen LogP contribution in [0.15, 0.2) is 28.7 Å². The van der Waals surface area contributed by atoms with Gasteiger partial charge in [0.15, 0.2) is 5.76 Å². The third kappa shape index (κ3) is 3.17. The average Bonchev–Trinajstić information content (AvgIpc) is 2.80. The zero-order valence-corrected chi connectivity index (χ0v) is 11.5. The number of carbonyl (C=O) groups is 1. The van der Waals surface area contributed by atoms with Crippen LogP contribution in [0.5, 0.6) is 0 Å². The Morgan fingerprint density at radius 1 is 1.40 bits per heavy atom. The predicted molar refractivity (Wildman–Crippen MR) is 74.0 cm³/mol. The van der Waals surface area contributed by atoms with Crippen LogP contribution in [-0.2, 0) is 0 Å². The number of carbonyl (C=O) groups excluding carboxylic acids is 1. The van der Waals surface area contributed by atoms with E-state index in [2.05, 4.69) is 5.32 Å². The number of aliphatic hydroxyl groups is 1. The SMILES string of the molecule is CC(C)C(CCO)NC(=O)c1cc2cc(F)ccc2o1. The van der Waals surface area contributed by atoms with Crippen molar-refractivity contribution in [1.82, 2.24) is 5.32 Å². The van der Waals surface area contributed by atoms with Crippen molar-refractivity contribution in [3.05, 3.63) is 35.8 Å². The van der Waals surface area contributed by atoms with Gasteiger partial charge in [0.05, 0.1) is 0 Å². The molecule has 0 spiro atoms. The van der Waals surface area contributed by atoms with Gasteiger partial charge in [-0.15, -0.1) is 0 Å². The molecule has 1 unspecified atom stereocenters. The van der Waals surface area contributed by atoms with E-state index in [0.29, 0.717) is 17.4 Å². The highest BCUT2D eigenvalue weighted by atomic mass is 19.1. The van der Waals surface area contributed by atoms with Crippen molar-refractivity contribution in [3.8, 4) is 0 Å². The second-order valence-electron chi connectivity index (χ2n) is 5.13. The summed E-state index contributed by atoms with van der Waals surface area (Å²) in [5.74, 6) is -0.374. The lowest BCUT2D eigenvalue weighted by atomic mass is 10.0. The number of hydrogen-bond donors (Lipinski definition) is 2. The third-order valence-electron chi connectivity index (χ3n) is 3.26. The van der Waals surface area contributed by atoms with Gasteiger partial charge in [0.1, 0.15) is 11.4 Å². The predicted octanol–water partition coefficient (Wildman–Crippen LogP) is 2.71. The van der Waals surface area contributed by atoms with E-state index in [0.717, 1.165) is 0 Å². The van der Waals surface area contributed by atoms with Gasteiger partial charge in [0, 0.05) is 18.0 Å². The minimum absolute atomic E-state index is 0.00840. The van der Waals surface area contributed by atoms with Crippen molar-refractivity contribution in [2.24, 2.45) is 5.92 Å². The lowest BCUT2D eigenvalue weighted by Gasteiger charge is -2.20. The number of fused-ring (bicyclic) bond motifs is 1. The molecule has 2 rings (SSSR count). The molecule has 20 heavy (non-hydrogen) atoms. The molecule has 0 saturated heterocycles. The van der Waals surface area contributed by atoms with Crippen LogP contribution in [0.3, 0.4) is 0 Å². The lowest BCUT2D eigenvalue weighted by Crippen LogP contribution is -2.39. The molecule has 5 heteroatoms. The van der Waals surface area contributed by atoms with Crippen LogP contribution in [0.4, 0.5) is 4.39 Å². The fourth-order valence-electron chi connectivity index (χ4n) is 2.08. The van der Waals surface area contributed by atoms with Crippen molar-refractivity contribution < 1.29 is 18.7 Å². The van der Waals surface area contributed by atoms with Crippen molar-refractivity contribution in [2.45, 2.75) is 26.3 Å². The van der Waals surface area contributed by atoms with E-state index in [4.69, 9.17) is 9.52 Å². The summed E-state index contributed by atoms with van der Waals surface area (Å²) in [7, 11) is 0. The van der Waals surface area contributed by atoms with Crippen LogP contribution in [0.25, 0.3) is 11.0 Å². The molecule has 4 nitrogen and oxygen atoms in total. The third-order valence-corrected chi connectivity index (χ3v) is 3.26. The zero-order chi connectivity index (χ0) is 14.7. The lowest BCUT2D eigenvalue weighted by molar-refractivity contribution is 0.0890. The molecule has 0 aliphatic carbocycles. The average molecular weight is 279 g/mol. The number of hydrogen-bond acceptors (Lipinski definition) is 3. The Morgan fingerprint density at radius 3 is 2.80 bits per heavy atom. The molecule has 0 fully saturated rings. The summed E-state index contributed by atoms with van der Waals surface area (Å²) >= 11 is 0. The molecule has 108 valence electrons. The molecule has 1 atom stereocenters. The molecule has 0 saturated carbocycles. The van der Waals surface area contributed by atoms with Crippen LogP contribution in [0, 0.1) is 11.7 Å². The molecule has 0 radical (unpaired) electrons. The summed E-state index contributed by atoms with van der Waals surface area (Å²) in [5.41, 5.74) is 0.472. The molecular weight excluding hydrogens is 261 g/mol. The minimum atomic E-state index is -0.370. The second-order valence-corrected chi connectivity index (χ2v) is 5.13. The van der Waals surface area contributed by atoms with Gasteiger partial charge < -0.3 is 14.8 Å². The maximum atomic E-state index is 13.1. The van der Waals surface area contributed by atoms with Gasteiger partial charge in [-0.3, -0.25) is 4.79 Å².